The van der Waals surface area contributed by atoms with Crippen LogP contribution in [0.5, 0.6) is 0 Å². The Hall–Kier alpha value is -3.02. The molecule has 6 nitrogen and oxygen atoms in total. The van der Waals surface area contributed by atoms with Gasteiger partial charge in [-0.15, -0.1) is 0 Å². The van der Waals surface area contributed by atoms with E-state index >= 15 is 0 Å². The van der Waals surface area contributed by atoms with Gasteiger partial charge in [0.15, 0.2) is 5.82 Å². The minimum atomic E-state index is 0.0883. The smallest absolute Gasteiger partial charge is 0.253 e. The van der Waals surface area contributed by atoms with Crippen molar-refractivity contribution in [3.63, 3.8) is 0 Å². The molecule has 1 saturated heterocycles. The minimum Gasteiger partial charge on any atom is -0.338 e. The van der Waals surface area contributed by atoms with Gasteiger partial charge in [-0.05, 0) is 44.0 Å². The molecule has 3 heterocycles. The van der Waals surface area contributed by atoms with Crippen LogP contribution in [0.25, 0.3) is 11.4 Å². The molecule has 3 aromatic rings. The monoisotopic (exact) mass is 347 g/mol. The van der Waals surface area contributed by atoms with E-state index in [0.717, 1.165) is 41.9 Å². The first-order chi connectivity index (χ1) is 12.7. The lowest BCUT2D eigenvalue weighted by atomic mass is 9.96. The van der Waals surface area contributed by atoms with E-state index in [4.69, 9.17) is 0 Å². The molecule has 26 heavy (non-hydrogen) atoms. The van der Waals surface area contributed by atoms with Crippen LogP contribution in [0.15, 0.2) is 48.8 Å². The van der Waals surface area contributed by atoms with Crippen LogP contribution in [-0.4, -0.2) is 44.1 Å². The Labute approximate surface area is 152 Å². The van der Waals surface area contributed by atoms with Crippen LogP contribution in [0.2, 0.25) is 0 Å². The summed E-state index contributed by atoms with van der Waals surface area (Å²) < 4.78 is 0. The maximum atomic E-state index is 12.8. The summed E-state index contributed by atoms with van der Waals surface area (Å²) in [5.41, 5.74) is 2.73. The van der Waals surface area contributed by atoms with Crippen LogP contribution < -0.4 is 0 Å². The van der Waals surface area contributed by atoms with Crippen molar-refractivity contribution in [2.45, 2.75) is 25.7 Å². The second kappa shape index (κ2) is 7.07. The van der Waals surface area contributed by atoms with E-state index in [1.807, 2.05) is 48.2 Å². The number of amides is 1. The molecule has 0 spiro atoms. The van der Waals surface area contributed by atoms with Gasteiger partial charge < -0.3 is 4.90 Å². The third kappa shape index (κ3) is 3.35. The number of H-pyrrole nitrogens is 1. The second-order valence-electron chi connectivity index (χ2n) is 6.75. The number of aromatic amines is 1. The Bertz CT molecular complexity index is 905. The van der Waals surface area contributed by atoms with Crippen LogP contribution in [0, 0.1) is 6.92 Å². The molecule has 2 aromatic heterocycles. The zero-order chi connectivity index (χ0) is 17.9. The molecule has 132 valence electrons. The number of piperidine rings is 1. The van der Waals surface area contributed by atoms with E-state index in [-0.39, 0.29) is 11.8 Å². The Kier molecular flexibility index (Phi) is 4.48. The van der Waals surface area contributed by atoms with Gasteiger partial charge in [-0.2, -0.15) is 5.10 Å². The molecule has 0 bridgehead atoms. The number of carbonyl (C=O) groups excluding carboxylic acids is 1. The molecule has 1 aromatic carbocycles. The van der Waals surface area contributed by atoms with E-state index in [1.165, 1.54) is 0 Å². The number of likely N-dealkylation sites (tertiary alicyclic amines) is 1. The third-order valence-electron chi connectivity index (χ3n) is 4.78. The van der Waals surface area contributed by atoms with E-state index in [0.29, 0.717) is 12.4 Å². The average molecular weight is 347 g/mol. The maximum Gasteiger partial charge on any atom is 0.253 e. The molecule has 0 aliphatic carbocycles. The van der Waals surface area contributed by atoms with Gasteiger partial charge >= 0.3 is 0 Å². The fourth-order valence-corrected chi connectivity index (χ4v) is 3.43. The summed E-state index contributed by atoms with van der Waals surface area (Å²) in [6, 6.07) is 11.6. The van der Waals surface area contributed by atoms with E-state index in [9.17, 15) is 4.79 Å². The fraction of sp³-hybridized carbons (Fsp3) is 0.300. The zero-order valence-corrected chi connectivity index (χ0v) is 14.7. The summed E-state index contributed by atoms with van der Waals surface area (Å²) in [6.45, 7) is 3.45. The fourth-order valence-electron chi connectivity index (χ4n) is 3.43. The lowest BCUT2D eigenvalue weighted by molar-refractivity contribution is 0.0704. The molecule has 0 unspecified atom stereocenters. The van der Waals surface area contributed by atoms with Crippen LogP contribution >= 0.6 is 0 Å². The number of hydrogen-bond donors (Lipinski definition) is 1. The molecule has 1 aliphatic rings. The van der Waals surface area contributed by atoms with Gasteiger partial charge in [-0.25, -0.2) is 4.98 Å². The first-order valence-corrected chi connectivity index (χ1v) is 8.89. The molecule has 1 atom stereocenters. The van der Waals surface area contributed by atoms with Crippen molar-refractivity contribution in [2.24, 2.45) is 0 Å². The summed E-state index contributed by atoms with van der Waals surface area (Å²) >= 11 is 0. The molecule has 4 rings (SSSR count). The Morgan fingerprint density at radius 3 is 3.00 bits per heavy atom. The topological polar surface area (TPSA) is 74.8 Å². The van der Waals surface area contributed by atoms with Crippen molar-refractivity contribution in [1.29, 1.82) is 0 Å². The summed E-state index contributed by atoms with van der Waals surface area (Å²) in [7, 11) is 0. The van der Waals surface area contributed by atoms with Crippen LogP contribution in [0.4, 0.5) is 0 Å². The predicted octanol–water partition coefficient (Wildman–Crippen LogP) is 3.19. The van der Waals surface area contributed by atoms with Gasteiger partial charge in [-0.1, -0.05) is 17.7 Å². The highest BCUT2D eigenvalue weighted by Gasteiger charge is 2.27. The molecular formula is C20H21N5O. The molecule has 1 amide bonds. The number of benzene rings is 1. The number of pyridine rings is 1. The van der Waals surface area contributed by atoms with Crippen molar-refractivity contribution in [1.82, 2.24) is 25.1 Å². The molecule has 1 N–H and O–H groups in total. The van der Waals surface area contributed by atoms with Crippen molar-refractivity contribution in [2.75, 3.05) is 13.1 Å². The first kappa shape index (κ1) is 16.4. The van der Waals surface area contributed by atoms with Gasteiger partial charge in [-0.3, -0.25) is 14.9 Å². The van der Waals surface area contributed by atoms with Crippen LogP contribution in [0.1, 0.15) is 40.5 Å². The minimum absolute atomic E-state index is 0.0883. The van der Waals surface area contributed by atoms with Crippen molar-refractivity contribution >= 4 is 5.91 Å². The highest BCUT2D eigenvalue weighted by atomic mass is 16.2. The summed E-state index contributed by atoms with van der Waals surface area (Å²) in [6.07, 6.45) is 5.44. The number of nitrogens with one attached hydrogen (secondary N) is 1. The van der Waals surface area contributed by atoms with Gasteiger partial charge in [0.25, 0.3) is 5.91 Å². The number of aryl methyl sites for hydroxylation is 1. The highest BCUT2D eigenvalue weighted by Crippen LogP contribution is 2.27. The highest BCUT2D eigenvalue weighted by molar-refractivity contribution is 5.94. The average Bonchev–Trinajstić information content (AvgIpc) is 3.18. The standard InChI is InChI=1S/C20H21N5O/c1-14-5-2-6-15(11-14)20(26)25-10-4-8-17(13-25)19-22-18(23-24-19)16-7-3-9-21-12-16/h2-3,5-7,9,11-12,17H,4,8,10,13H2,1H3,(H,22,23,24)/t17-/m0/s1. The van der Waals surface area contributed by atoms with Crippen molar-refractivity contribution < 1.29 is 4.79 Å². The van der Waals surface area contributed by atoms with Gasteiger partial charge in [0.2, 0.25) is 0 Å². The van der Waals surface area contributed by atoms with Gasteiger partial charge in [0.05, 0.1) is 0 Å². The molecular weight excluding hydrogens is 326 g/mol. The van der Waals surface area contributed by atoms with E-state index in [2.05, 4.69) is 20.2 Å². The van der Waals surface area contributed by atoms with Crippen molar-refractivity contribution in [3.05, 3.63) is 65.7 Å². The largest absolute Gasteiger partial charge is 0.338 e. The van der Waals surface area contributed by atoms with Crippen molar-refractivity contribution in [3.8, 4) is 11.4 Å². The SMILES string of the molecule is Cc1cccc(C(=O)N2CCC[C@H](c3nc(-c4cccnc4)n[nH]3)C2)c1. The van der Waals surface area contributed by atoms with Gasteiger partial charge in [0, 0.05) is 42.5 Å². The molecule has 0 saturated carbocycles. The lowest BCUT2D eigenvalue weighted by Crippen LogP contribution is -2.39. The zero-order valence-electron chi connectivity index (χ0n) is 14.7. The summed E-state index contributed by atoms with van der Waals surface area (Å²) in [4.78, 5) is 23.5. The molecule has 6 heteroatoms. The molecule has 1 fully saturated rings. The number of aromatic nitrogens is 4. The predicted molar refractivity (Wildman–Crippen MR) is 98.7 cm³/mol. The number of carbonyl (C=O) groups is 1. The molecule has 1 aliphatic heterocycles. The quantitative estimate of drug-likeness (QED) is 0.789. The normalized spacial score (nSPS) is 17.3. The third-order valence-corrected chi connectivity index (χ3v) is 4.78. The summed E-state index contributed by atoms with van der Waals surface area (Å²) in [5.74, 6) is 1.75. The Morgan fingerprint density at radius 2 is 2.19 bits per heavy atom. The number of nitrogens with zero attached hydrogens (tertiary/aromatic N) is 4. The molecule has 0 radical (unpaired) electrons. The Morgan fingerprint density at radius 1 is 1.27 bits per heavy atom. The first-order valence-electron chi connectivity index (χ1n) is 8.89. The summed E-state index contributed by atoms with van der Waals surface area (Å²) in [5, 5.41) is 7.38. The van der Waals surface area contributed by atoms with Crippen LogP contribution in [0.3, 0.4) is 0 Å². The van der Waals surface area contributed by atoms with Gasteiger partial charge in [0.1, 0.15) is 5.82 Å². The van der Waals surface area contributed by atoms with Crippen LogP contribution in [-0.2, 0) is 0 Å². The van der Waals surface area contributed by atoms with E-state index < -0.39 is 0 Å². The van der Waals surface area contributed by atoms with E-state index in [1.54, 1.807) is 12.4 Å². The number of rotatable bonds is 3. The maximum absolute atomic E-state index is 12.8. The lowest BCUT2D eigenvalue weighted by Gasteiger charge is -2.31. The number of hydrogen-bond acceptors (Lipinski definition) is 4. The Balaban J connectivity index is 1.50. The second-order valence-corrected chi connectivity index (χ2v) is 6.75.